The van der Waals surface area contributed by atoms with Crippen LogP contribution in [0, 0.1) is 12.3 Å². The van der Waals surface area contributed by atoms with E-state index in [0.29, 0.717) is 28.5 Å². The lowest BCUT2D eigenvalue weighted by atomic mass is 9.85. The standard InChI is InChI=1S/C26H29ClN4O5/c1-6-16(24(28)34)31-11-13-14(27)8-9-15(18(13)25(31)35)29-19-20(22(33)21(19)32)30-23(26(3,4)5)17-10-7-12(2)36-17/h7-10,16,23,29-30H,6,11H2,1-5H3,(H2,28,34)/t16-,23-/m0/s1. The predicted octanol–water partition coefficient (Wildman–Crippen LogP) is 4.00. The third-order valence-electron chi connectivity index (χ3n) is 6.52. The number of hydrogen-bond donors (Lipinski definition) is 3. The van der Waals surface area contributed by atoms with Gasteiger partial charge in [0.15, 0.2) is 0 Å². The maximum absolute atomic E-state index is 13.3. The predicted molar refractivity (Wildman–Crippen MR) is 138 cm³/mol. The van der Waals surface area contributed by atoms with Crippen LogP contribution >= 0.6 is 11.6 Å². The molecular weight excluding hydrogens is 484 g/mol. The van der Waals surface area contributed by atoms with E-state index < -0.39 is 34.8 Å². The second-order valence-electron chi connectivity index (χ2n) is 10.1. The van der Waals surface area contributed by atoms with Gasteiger partial charge < -0.3 is 25.7 Å². The van der Waals surface area contributed by atoms with E-state index in [0.717, 1.165) is 5.76 Å². The normalized spacial score (nSPS) is 15.2. The highest BCUT2D eigenvalue weighted by Gasteiger charge is 2.38. The van der Waals surface area contributed by atoms with Crippen molar-refractivity contribution in [3.8, 4) is 0 Å². The van der Waals surface area contributed by atoms with Crippen LogP contribution in [-0.2, 0) is 11.3 Å². The van der Waals surface area contributed by atoms with E-state index in [4.69, 9.17) is 21.8 Å². The molecule has 36 heavy (non-hydrogen) atoms. The summed E-state index contributed by atoms with van der Waals surface area (Å²) in [7, 11) is 0. The molecule has 1 aromatic heterocycles. The molecule has 0 bridgehead atoms. The molecule has 190 valence electrons. The Hall–Kier alpha value is -3.59. The first-order valence-electron chi connectivity index (χ1n) is 11.7. The summed E-state index contributed by atoms with van der Waals surface area (Å²) in [5.41, 5.74) is 5.05. The third-order valence-corrected chi connectivity index (χ3v) is 6.87. The van der Waals surface area contributed by atoms with E-state index >= 15 is 0 Å². The van der Waals surface area contributed by atoms with Gasteiger partial charge >= 0.3 is 0 Å². The summed E-state index contributed by atoms with van der Waals surface area (Å²) in [5.74, 6) is 0.326. The van der Waals surface area contributed by atoms with Crippen LogP contribution < -0.4 is 27.2 Å². The molecule has 1 aliphatic rings. The van der Waals surface area contributed by atoms with E-state index in [1.807, 2.05) is 39.8 Å². The molecule has 0 unspecified atom stereocenters. The summed E-state index contributed by atoms with van der Waals surface area (Å²) in [5, 5.41) is 6.52. The first-order chi connectivity index (χ1) is 16.8. The zero-order valence-corrected chi connectivity index (χ0v) is 21.6. The van der Waals surface area contributed by atoms with Gasteiger partial charge in [0.25, 0.3) is 16.8 Å². The van der Waals surface area contributed by atoms with Crippen molar-refractivity contribution in [1.82, 2.24) is 4.90 Å². The van der Waals surface area contributed by atoms with E-state index in [1.54, 1.807) is 19.1 Å². The molecule has 0 saturated heterocycles. The molecule has 0 spiro atoms. The van der Waals surface area contributed by atoms with Crippen molar-refractivity contribution in [3.63, 3.8) is 0 Å². The average Bonchev–Trinajstić information content (AvgIpc) is 3.38. The average molecular weight is 513 g/mol. The summed E-state index contributed by atoms with van der Waals surface area (Å²) in [4.78, 5) is 51.8. The fraction of sp³-hybridized carbons (Fsp3) is 0.385. The highest BCUT2D eigenvalue weighted by molar-refractivity contribution is 6.32. The highest BCUT2D eigenvalue weighted by atomic mass is 35.5. The van der Waals surface area contributed by atoms with Crippen LogP contribution in [0.4, 0.5) is 17.1 Å². The van der Waals surface area contributed by atoms with Crippen molar-refractivity contribution in [2.75, 3.05) is 10.6 Å². The number of amides is 2. The van der Waals surface area contributed by atoms with Crippen LogP contribution in [0.2, 0.25) is 5.02 Å². The molecule has 9 nitrogen and oxygen atoms in total. The summed E-state index contributed by atoms with van der Waals surface area (Å²) < 4.78 is 5.80. The van der Waals surface area contributed by atoms with Crippen LogP contribution in [0.5, 0.6) is 0 Å². The summed E-state index contributed by atoms with van der Waals surface area (Å²) in [6.07, 6.45) is 0.349. The smallest absolute Gasteiger partial charge is 0.257 e. The van der Waals surface area contributed by atoms with E-state index in [-0.39, 0.29) is 28.9 Å². The number of carbonyl (C=O) groups is 2. The molecule has 0 radical (unpaired) electrons. The molecule has 1 aliphatic heterocycles. The maximum Gasteiger partial charge on any atom is 0.257 e. The quantitative estimate of drug-likeness (QED) is 0.388. The van der Waals surface area contributed by atoms with Crippen molar-refractivity contribution >= 4 is 40.5 Å². The van der Waals surface area contributed by atoms with Gasteiger partial charge in [0.05, 0.1) is 17.3 Å². The molecule has 2 aromatic carbocycles. The number of nitrogens with one attached hydrogen (secondary N) is 2. The minimum Gasteiger partial charge on any atom is -0.464 e. The lowest BCUT2D eigenvalue weighted by Gasteiger charge is -2.31. The highest BCUT2D eigenvalue weighted by Crippen LogP contribution is 2.40. The van der Waals surface area contributed by atoms with Crippen LogP contribution in [0.3, 0.4) is 0 Å². The van der Waals surface area contributed by atoms with Gasteiger partial charge in [0.2, 0.25) is 5.91 Å². The van der Waals surface area contributed by atoms with E-state index in [1.165, 1.54) is 4.90 Å². The van der Waals surface area contributed by atoms with Crippen molar-refractivity contribution in [1.29, 1.82) is 0 Å². The number of aryl methyl sites for hydroxylation is 1. The van der Waals surface area contributed by atoms with Gasteiger partial charge in [0.1, 0.15) is 28.9 Å². The number of rotatable bonds is 8. The number of primary amides is 1. The Labute approximate surface area is 213 Å². The fourth-order valence-electron chi connectivity index (χ4n) is 4.59. The molecule has 4 rings (SSSR count). The number of nitrogens with zero attached hydrogens (tertiary/aromatic N) is 1. The second kappa shape index (κ2) is 9.13. The molecule has 0 saturated carbocycles. The summed E-state index contributed by atoms with van der Waals surface area (Å²) in [6.45, 7) is 9.68. The first-order valence-corrected chi connectivity index (χ1v) is 12.1. The molecule has 10 heteroatoms. The maximum atomic E-state index is 13.3. The van der Waals surface area contributed by atoms with E-state index in [2.05, 4.69) is 10.6 Å². The Morgan fingerprint density at radius 1 is 1.14 bits per heavy atom. The zero-order chi connectivity index (χ0) is 26.5. The van der Waals surface area contributed by atoms with Gasteiger partial charge in [-0.2, -0.15) is 0 Å². The number of furan rings is 1. The minimum absolute atomic E-state index is 0.0512. The molecule has 0 aliphatic carbocycles. The second-order valence-corrected chi connectivity index (χ2v) is 10.5. The molecular formula is C26H29ClN4O5. The molecule has 4 N–H and O–H groups in total. The van der Waals surface area contributed by atoms with Crippen LogP contribution in [0.1, 0.15) is 67.6 Å². The number of hydrogen-bond acceptors (Lipinski definition) is 7. The minimum atomic E-state index is -0.790. The molecule has 2 amide bonds. The zero-order valence-electron chi connectivity index (χ0n) is 20.8. The van der Waals surface area contributed by atoms with Gasteiger partial charge in [-0.1, -0.05) is 39.3 Å². The molecule has 3 aromatic rings. The monoisotopic (exact) mass is 512 g/mol. The van der Waals surface area contributed by atoms with Crippen molar-refractivity contribution in [2.45, 2.75) is 59.7 Å². The lowest BCUT2D eigenvalue weighted by molar-refractivity contribution is -0.122. The molecule has 2 heterocycles. The molecule has 2 atom stereocenters. The number of nitrogens with two attached hydrogens (primary N) is 1. The van der Waals surface area contributed by atoms with Crippen molar-refractivity contribution in [3.05, 3.63) is 72.4 Å². The van der Waals surface area contributed by atoms with E-state index in [9.17, 15) is 19.2 Å². The van der Waals surface area contributed by atoms with Crippen LogP contribution in [-0.4, -0.2) is 22.8 Å². The fourth-order valence-corrected chi connectivity index (χ4v) is 4.81. The topological polar surface area (TPSA) is 135 Å². The Kier molecular flexibility index (Phi) is 6.47. The van der Waals surface area contributed by atoms with Crippen LogP contribution in [0.15, 0.2) is 38.3 Å². The van der Waals surface area contributed by atoms with Gasteiger partial charge in [-0.05, 0) is 43.0 Å². The summed E-state index contributed by atoms with van der Waals surface area (Å²) in [6, 6.07) is 5.66. The Morgan fingerprint density at radius 2 is 1.81 bits per heavy atom. The number of halogens is 1. The Balaban J connectivity index is 1.70. The van der Waals surface area contributed by atoms with Gasteiger partial charge in [-0.3, -0.25) is 19.2 Å². The van der Waals surface area contributed by atoms with Crippen LogP contribution in [0.25, 0.3) is 0 Å². The van der Waals surface area contributed by atoms with Gasteiger partial charge in [0, 0.05) is 17.1 Å². The first kappa shape index (κ1) is 25.5. The summed E-state index contributed by atoms with van der Waals surface area (Å²) >= 11 is 6.37. The number of benzene rings is 1. The van der Waals surface area contributed by atoms with Crippen molar-refractivity contribution in [2.24, 2.45) is 11.1 Å². The molecule has 0 fully saturated rings. The number of anilines is 3. The Bertz CT molecular complexity index is 1430. The SMILES string of the molecule is CC[C@@H](C(N)=O)N1Cc2c(Cl)ccc(Nc3c(N[C@@H](c4ccc(C)o4)C(C)(C)C)c(=O)c3=O)c2C1=O. The largest absolute Gasteiger partial charge is 0.464 e. The van der Waals surface area contributed by atoms with Gasteiger partial charge in [-0.25, -0.2) is 0 Å². The number of carbonyl (C=O) groups excluding carboxylic acids is 2. The Morgan fingerprint density at radius 3 is 2.36 bits per heavy atom. The van der Waals surface area contributed by atoms with Gasteiger partial charge in [-0.15, -0.1) is 0 Å². The van der Waals surface area contributed by atoms with Crippen molar-refractivity contribution < 1.29 is 14.0 Å². The lowest BCUT2D eigenvalue weighted by Crippen LogP contribution is -2.44. The third kappa shape index (κ3) is 4.28. The number of fused-ring (bicyclic) bond motifs is 1.